The maximum absolute atomic E-state index is 15.8. The number of rotatable bonds is 9. The van der Waals surface area contributed by atoms with E-state index in [0.717, 1.165) is 22.3 Å². The van der Waals surface area contributed by atoms with E-state index < -0.39 is 35.5 Å². The Hall–Kier alpha value is -5.36. The van der Waals surface area contributed by atoms with E-state index in [1.165, 1.54) is 29.1 Å². The molecule has 0 N–H and O–H groups in total. The maximum Gasteiger partial charge on any atom is 0.332 e. The van der Waals surface area contributed by atoms with E-state index in [2.05, 4.69) is 14.7 Å². The number of nitrogens with zero attached hydrogens (tertiary/aromatic N) is 4. The molecule has 6 aromatic rings. The quantitative estimate of drug-likeness (QED) is 0.206. The van der Waals surface area contributed by atoms with Crippen LogP contribution in [0.2, 0.25) is 0 Å². The Bertz CT molecular complexity index is 2210. The number of hydrogen-bond acceptors (Lipinski definition) is 9. The van der Waals surface area contributed by atoms with Crippen molar-refractivity contribution in [3.8, 4) is 34.3 Å². The van der Waals surface area contributed by atoms with Crippen molar-refractivity contribution in [3.63, 3.8) is 0 Å². The molecule has 10 nitrogen and oxygen atoms in total. The lowest BCUT2D eigenvalue weighted by Crippen LogP contribution is -2.41. The molecule has 1 aliphatic carbocycles. The molecule has 3 aromatic carbocycles. The first kappa shape index (κ1) is 28.4. The van der Waals surface area contributed by atoms with Gasteiger partial charge in [-0.2, -0.15) is 5.16 Å². The summed E-state index contributed by atoms with van der Waals surface area (Å²) in [4.78, 5) is 45.8. The highest BCUT2D eigenvalue weighted by Crippen LogP contribution is 2.44. The monoisotopic (exact) mass is 623 g/mol. The lowest BCUT2D eigenvalue weighted by Gasteiger charge is -2.14. The van der Waals surface area contributed by atoms with Crippen LogP contribution >= 0.6 is 11.3 Å². The Morgan fingerprint density at radius 1 is 1.04 bits per heavy atom. The van der Waals surface area contributed by atoms with Gasteiger partial charge in [-0.05, 0) is 66.3 Å². The van der Waals surface area contributed by atoms with Gasteiger partial charge in [-0.25, -0.2) is 14.2 Å². The third-order valence-corrected chi connectivity index (χ3v) is 9.20. The Morgan fingerprint density at radius 2 is 1.80 bits per heavy atom. The molecule has 0 spiro atoms. The highest BCUT2D eigenvalue weighted by atomic mass is 32.1. The summed E-state index contributed by atoms with van der Waals surface area (Å²) in [5.74, 6) is -0.00928. The van der Waals surface area contributed by atoms with Crippen LogP contribution in [0.5, 0.6) is 11.8 Å². The first-order chi connectivity index (χ1) is 21.8. The maximum atomic E-state index is 15.8. The fourth-order valence-corrected chi connectivity index (χ4v) is 6.65. The summed E-state index contributed by atoms with van der Waals surface area (Å²) in [6.07, 6.45) is 1.17. The fourth-order valence-electron chi connectivity index (χ4n) is 5.34. The predicted molar refractivity (Wildman–Crippen MR) is 163 cm³/mol. The lowest BCUT2D eigenvalue weighted by molar-refractivity contribution is -0.303. The van der Waals surface area contributed by atoms with Crippen LogP contribution in [0, 0.1) is 5.82 Å². The smallest absolute Gasteiger partial charge is 0.332 e. The van der Waals surface area contributed by atoms with Gasteiger partial charge < -0.3 is 14.4 Å². The molecule has 0 bridgehead atoms. The van der Waals surface area contributed by atoms with Crippen molar-refractivity contribution in [1.29, 1.82) is 0 Å². The van der Waals surface area contributed by atoms with E-state index in [1.54, 1.807) is 66.7 Å². The summed E-state index contributed by atoms with van der Waals surface area (Å²) in [7, 11) is 1.51. The molecule has 0 aliphatic heterocycles. The normalized spacial score (nSPS) is 12.9. The molecule has 0 unspecified atom stereocenters. The minimum atomic E-state index is -0.830. The molecule has 226 valence electrons. The van der Waals surface area contributed by atoms with Crippen LogP contribution in [0.25, 0.3) is 32.7 Å². The molecule has 1 fully saturated rings. The van der Waals surface area contributed by atoms with Crippen molar-refractivity contribution >= 4 is 27.3 Å². The largest absolute Gasteiger partial charge is 0.528 e. The summed E-state index contributed by atoms with van der Waals surface area (Å²) < 4.78 is 27.8. The van der Waals surface area contributed by atoms with Crippen LogP contribution in [-0.4, -0.2) is 32.2 Å². The number of thiophene rings is 1. The van der Waals surface area contributed by atoms with Gasteiger partial charge in [0, 0.05) is 21.6 Å². The van der Waals surface area contributed by atoms with Crippen LogP contribution in [0.1, 0.15) is 39.6 Å². The highest BCUT2D eigenvalue weighted by Gasteiger charge is 2.28. The number of methoxy groups -OCH3 is 1. The molecule has 3 heterocycles. The molecule has 1 saturated carbocycles. The molecule has 0 radical (unpaired) electrons. The van der Waals surface area contributed by atoms with E-state index >= 15 is 4.39 Å². The minimum Gasteiger partial charge on any atom is -0.528 e. The van der Waals surface area contributed by atoms with Crippen LogP contribution in [0.3, 0.4) is 0 Å². The van der Waals surface area contributed by atoms with Crippen molar-refractivity contribution < 1.29 is 23.6 Å². The second-order valence-electron chi connectivity index (χ2n) is 10.8. The molecule has 0 atom stereocenters. The SMILES string of the molecule is COc1ccc(C(=O)Cn2c(=O)c3cc(C4CC4)sc3n(Cc3ccc(-c4ccccc4-c4noc([O-])n4)cc3F)c2=O)cc1. The highest BCUT2D eigenvalue weighted by molar-refractivity contribution is 7.18. The van der Waals surface area contributed by atoms with Crippen LogP contribution in [0.4, 0.5) is 4.39 Å². The Labute approximate surface area is 258 Å². The van der Waals surface area contributed by atoms with Gasteiger partial charge in [0.15, 0.2) is 17.7 Å². The number of carbonyl (C=O) groups is 1. The zero-order chi connectivity index (χ0) is 31.2. The summed E-state index contributed by atoms with van der Waals surface area (Å²) in [5.41, 5.74) is 0.878. The van der Waals surface area contributed by atoms with Crippen LogP contribution in [0.15, 0.2) is 86.9 Å². The zero-order valence-corrected chi connectivity index (χ0v) is 24.7. The predicted octanol–water partition coefficient (Wildman–Crippen LogP) is 4.97. The number of ether oxygens (including phenoxy) is 1. The molecular weight excluding hydrogens is 599 g/mol. The number of fused-ring (bicyclic) bond motifs is 1. The number of ketones is 1. The van der Waals surface area contributed by atoms with Gasteiger partial charge in [0.2, 0.25) is 0 Å². The van der Waals surface area contributed by atoms with E-state index in [9.17, 15) is 19.5 Å². The van der Waals surface area contributed by atoms with Crippen LogP contribution < -0.4 is 21.1 Å². The second-order valence-corrected chi connectivity index (χ2v) is 11.9. The standard InChI is InChI=1S/C33H25FN4O6S/c1-43-22-12-10-18(11-13-22)27(39)17-37-30(40)25-15-28(19-6-7-19)45-31(25)38(33(37)42)16-21-9-8-20(14-26(21)34)23-4-2-3-5-24(23)29-35-32(41)44-36-29/h2-5,8-15,19H,6-7,16-17H2,1H3,(H,35,36,41)/p-1. The van der Waals surface area contributed by atoms with Crippen LogP contribution in [-0.2, 0) is 13.1 Å². The summed E-state index contributed by atoms with van der Waals surface area (Å²) >= 11 is 1.36. The second kappa shape index (κ2) is 11.3. The Kier molecular flexibility index (Phi) is 7.13. The molecule has 7 rings (SSSR count). The van der Waals surface area contributed by atoms with E-state index in [4.69, 9.17) is 4.74 Å². The van der Waals surface area contributed by atoms with Gasteiger partial charge in [0.25, 0.3) is 5.56 Å². The van der Waals surface area contributed by atoms with E-state index in [0.29, 0.717) is 44.1 Å². The molecule has 0 saturated heterocycles. The molecular formula is C33H24FN4O6S-. The van der Waals surface area contributed by atoms with Gasteiger partial charge in [-0.1, -0.05) is 36.4 Å². The van der Waals surface area contributed by atoms with Gasteiger partial charge in [0.1, 0.15) is 16.4 Å². The third-order valence-electron chi connectivity index (χ3n) is 7.88. The fraction of sp³-hybridized carbons (Fsp3) is 0.182. The Balaban J connectivity index is 1.28. The number of hydrogen-bond donors (Lipinski definition) is 0. The Morgan fingerprint density at radius 3 is 2.47 bits per heavy atom. The molecule has 1 aliphatic rings. The number of Topliss-reactive ketones (excluding diaryl/α,β-unsaturated/α-hetero) is 1. The van der Waals surface area contributed by atoms with Gasteiger partial charge in [-0.3, -0.25) is 18.7 Å². The topological polar surface area (TPSA) is 132 Å². The van der Waals surface area contributed by atoms with Crippen molar-refractivity contribution in [2.45, 2.75) is 31.8 Å². The van der Waals surface area contributed by atoms with Gasteiger partial charge in [0.05, 0.1) is 25.6 Å². The van der Waals surface area contributed by atoms with Crippen molar-refractivity contribution in [2.24, 2.45) is 0 Å². The minimum absolute atomic E-state index is 0.0876. The molecule has 12 heteroatoms. The van der Waals surface area contributed by atoms with Crippen molar-refractivity contribution in [3.05, 3.63) is 115 Å². The first-order valence-electron chi connectivity index (χ1n) is 14.1. The average Bonchev–Trinajstić information content (AvgIpc) is 3.66. The number of benzene rings is 3. The first-order valence-corrected chi connectivity index (χ1v) is 15.0. The number of aromatic nitrogens is 4. The molecule has 3 aromatic heterocycles. The zero-order valence-electron chi connectivity index (χ0n) is 23.9. The molecule has 0 amide bonds. The number of halogens is 1. The van der Waals surface area contributed by atoms with Gasteiger partial charge >= 0.3 is 5.69 Å². The van der Waals surface area contributed by atoms with Gasteiger partial charge in [-0.15, -0.1) is 11.3 Å². The third kappa shape index (κ3) is 5.33. The average molecular weight is 624 g/mol. The van der Waals surface area contributed by atoms with Crippen molar-refractivity contribution in [1.82, 2.24) is 19.3 Å². The van der Waals surface area contributed by atoms with E-state index in [-0.39, 0.29) is 17.9 Å². The lowest BCUT2D eigenvalue weighted by atomic mass is 9.98. The van der Waals surface area contributed by atoms with Crippen molar-refractivity contribution in [2.75, 3.05) is 7.11 Å². The summed E-state index contributed by atoms with van der Waals surface area (Å²) in [6, 6.07) is 19.8. The van der Waals surface area contributed by atoms with E-state index in [1.807, 2.05) is 0 Å². The number of carbonyl (C=O) groups excluding carboxylic acids is 1. The molecule has 45 heavy (non-hydrogen) atoms. The summed E-state index contributed by atoms with van der Waals surface area (Å²) in [5, 5.41) is 15.5. The summed E-state index contributed by atoms with van der Waals surface area (Å²) in [6.45, 7) is -0.622.